The third-order valence-electron chi connectivity index (χ3n) is 4.61. The number of benzene rings is 2. The van der Waals surface area contributed by atoms with Crippen molar-refractivity contribution in [2.45, 2.75) is 31.2 Å². The second-order valence-electron chi connectivity index (χ2n) is 6.11. The Kier molecular flexibility index (Phi) is 4.92. The molecule has 25 heavy (non-hydrogen) atoms. The highest BCUT2D eigenvalue weighted by Gasteiger charge is 2.39. The molecule has 2 aromatic rings. The fourth-order valence-corrected chi connectivity index (χ4v) is 4.68. The summed E-state index contributed by atoms with van der Waals surface area (Å²) < 4.78 is 26.9. The van der Waals surface area contributed by atoms with Crippen molar-refractivity contribution in [3.8, 4) is 0 Å². The van der Waals surface area contributed by atoms with Gasteiger partial charge in [0.05, 0.1) is 4.90 Å². The fraction of sp³-hybridized carbons (Fsp3) is 0.316. The number of carbonyl (C=O) groups is 1. The molecule has 1 aliphatic heterocycles. The van der Waals surface area contributed by atoms with Gasteiger partial charge >= 0.3 is 0 Å². The Balaban J connectivity index is 1.84. The van der Waals surface area contributed by atoms with Gasteiger partial charge in [-0.25, -0.2) is 8.42 Å². The second kappa shape index (κ2) is 6.98. The average molecular weight is 358 g/mol. The molecule has 1 fully saturated rings. The van der Waals surface area contributed by atoms with Crippen LogP contribution in [0.2, 0.25) is 0 Å². The van der Waals surface area contributed by atoms with Gasteiger partial charge in [-0.3, -0.25) is 4.79 Å². The number of carbonyl (C=O) groups excluding carboxylic acids is 1. The third-order valence-corrected chi connectivity index (χ3v) is 6.59. The van der Waals surface area contributed by atoms with Crippen molar-refractivity contribution in [2.24, 2.45) is 0 Å². The van der Waals surface area contributed by atoms with Crippen molar-refractivity contribution >= 4 is 21.6 Å². The van der Waals surface area contributed by atoms with Crippen LogP contribution >= 0.6 is 0 Å². The Morgan fingerprint density at radius 1 is 1.00 bits per heavy atom. The molecule has 0 unspecified atom stereocenters. The Labute approximate surface area is 148 Å². The number of sulfonamides is 1. The van der Waals surface area contributed by atoms with Crippen LogP contribution in [0.5, 0.6) is 0 Å². The third kappa shape index (κ3) is 3.32. The van der Waals surface area contributed by atoms with Crippen molar-refractivity contribution in [1.82, 2.24) is 4.31 Å². The van der Waals surface area contributed by atoms with E-state index in [1.54, 1.807) is 42.2 Å². The van der Waals surface area contributed by atoms with Crippen LogP contribution in [0.4, 0.5) is 5.69 Å². The largest absolute Gasteiger partial charge is 0.310 e. The van der Waals surface area contributed by atoms with Crippen molar-refractivity contribution in [2.75, 3.05) is 18.0 Å². The van der Waals surface area contributed by atoms with Gasteiger partial charge in [-0.05, 0) is 43.2 Å². The molecule has 1 atom stereocenters. The predicted octanol–water partition coefficient (Wildman–Crippen LogP) is 2.68. The summed E-state index contributed by atoms with van der Waals surface area (Å²) in [5.74, 6) is -0.199. The summed E-state index contributed by atoms with van der Waals surface area (Å²) in [6.07, 6.45) is 0.938. The van der Waals surface area contributed by atoms with Gasteiger partial charge in [0, 0.05) is 18.8 Å². The lowest BCUT2D eigenvalue weighted by atomic mass is 10.1. The van der Waals surface area contributed by atoms with Crippen LogP contribution in [0, 0.1) is 0 Å². The number of nitrogens with zero attached hydrogens (tertiary/aromatic N) is 2. The van der Waals surface area contributed by atoms with Crippen molar-refractivity contribution in [1.29, 1.82) is 0 Å². The zero-order valence-corrected chi connectivity index (χ0v) is 15.2. The molecule has 3 rings (SSSR count). The first kappa shape index (κ1) is 17.6. The monoisotopic (exact) mass is 358 g/mol. The van der Waals surface area contributed by atoms with E-state index in [9.17, 15) is 13.2 Å². The van der Waals surface area contributed by atoms with Crippen LogP contribution in [-0.4, -0.2) is 37.8 Å². The maximum atomic E-state index is 12.8. The number of hydrogen-bond donors (Lipinski definition) is 0. The summed E-state index contributed by atoms with van der Waals surface area (Å²) >= 11 is 0. The number of anilines is 1. The van der Waals surface area contributed by atoms with E-state index in [-0.39, 0.29) is 17.3 Å². The summed E-state index contributed by atoms with van der Waals surface area (Å²) in [7, 11) is -3.67. The van der Waals surface area contributed by atoms with Crippen molar-refractivity contribution in [3.63, 3.8) is 0 Å². The first-order valence-electron chi connectivity index (χ1n) is 8.42. The molecule has 0 bridgehead atoms. The van der Waals surface area contributed by atoms with E-state index >= 15 is 0 Å². The standard InChI is InChI=1S/C19H22N2O3S/c1-3-16-9-11-17(12-10-16)20-13-14-21(15(2)19(20)22)25(23,24)18-7-5-4-6-8-18/h4-12,15H,3,13-14H2,1-2H3/t15-/m1/s1. The lowest BCUT2D eigenvalue weighted by Crippen LogP contribution is -2.57. The smallest absolute Gasteiger partial charge is 0.245 e. The molecule has 0 spiro atoms. The molecule has 0 N–H and O–H groups in total. The Morgan fingerprint density at radius 2 is 1.64 bits per heavy atom. The summed E-state index contributed by atoms with van der Waals surface area (Å²) in [5, 5.41) is 0. The van der Waals surface area contributed by atoms with Gasteiger partial charge in [-0.2, -0.15) is 4.31 Å². The fourth-order valence-electron chi connectivity index (χ4n) is 3.08. The quantitative estimate of drug-likeness (QED) is 0.844. The molecule has 1 saturated heterocycles. The molecule has 6 heteroatoms. The SMILES string of the molecule is CCc1ccc(N2CCN(S(=O)(=O)c3ccccc3)[C@H](C)C2=O)cc1. The van der Waals surface area contributed by atoms with E-state index in [4.69, 9.17) is 0 Å². The molecule has 1 heterocycles. The van der Waals surface area contributed by atoms with Crippen molar-refractivity contribution in [3.05, 3.63) is 60.2 Å². The van der Waals surface area contributed by atoms with Crippen LogP contribution < -0.4 is 4.90 Å². The minimum atomic E-state index is -3.67. The van der Waals surface area contributed by atoms with Gasteiger partial charge < -0.3 is 4.90 Å². The highest BCUT2D eigenvalue weighted by Crippen LogP contribution is 2.25. The molecule has 1 amide bonds. The minimum Gasteiger partial charge on any atom is -0.310 e. The normalized spacial score (nSPS) is 19.2. The van der Waals surface area contributed by atoms with E-state index in [1.807, 2.05) is 24.3 Å². The van der Waals surface area contributed by atoms with Crippen LogP contribution in [0.25, 0.3) is 0 Å². The molecule has 5 nitrogen and oxygen atoms in total. The number of aryl methyl sites for hydroxylation is 1. The van der Waals surface area contributed by atoms with E-state index < -0.39 is 16.1 Å². The molecule has 0 radical (unpaired) electrons. The maximum absolute atomic E-state index is 12.8. The van der Waals surface area contributed by atoms with E-state index in [2.05, 4.69) is 6.92 Å². The number of piperazine rings is 1. The molecule has 132 valence electrons. The van der Waals surface area contributed by atoms with Crippen molar-refractivity contribution < 1.29 is 13.2 Å². The van der Waals surface area contributed by atoms with Crippen LogP contribution in [0.1, 0.15) is 19.4 Å². The van der Waals surface area contributed by atoms with E-state index in [0.717, 1.165) is 12.1 Å². The molecular weight excluding hydrogens is 336 g/mol. The maximum Gasteiger partial charge on any atom is 0.245 e. The van der Waals surface area contributed by atoms with Gasteiger partial charge in [0.15, 0.2) is 0 Å². The zero-order chi connectivity index (χ0) is 18.0. The van der Waals surface area contributed by atoms with Crippen LogP contribution in [-0.2, 0) is 21.2 Å². The van der Waals surface area contributed by atoms with Crippen LogP contribution in [0.15, 0.2) is 59.5 Å². The Hall–Kier alpha value is -2.18. The van der Waals surface area contributed by atoms with Gasteiger partial charge in [0.1, 0.15) is 6.04 Å². The van der Waals surface area contributed by atoms with Gasteiger partial charge in [0.2, 0.25) is 15.9 Å². The highest BCUT2D eigenvalue weighted by atomic mass is 32.2. The minimum absolute atomic E-state index is 0.199. The number of amides is 1. The van der Waals surface area contributed by atoms with Gasteiger partial charge in [-0.1, -0.05) is 37.3 Å². The molecule has 0 saturated carbocycles. The van der Waals surface area contributed by atoms with E-state index in [0.29, 0.717) is 6.54 Å². The lowest BCUT2D eigenvalue weighted by molar-refractivity contribution is -0.123. The predicted molar refractivity (Wildman–Crippen MR) is 98.0 cm³/mol. The van der Waals surface area contributed by atoms with Gasteiger partial charge in [0.25, 0.3) is 0 Å². The Morgan fingerprint density at radius 3 is 2.24 bits per heavy atom. The zero-order valence-electron chi connectivity index (χ0n) is 14.4. The first-order chi connectivity index (χ1) is 11.9. The molecule has 0 aliphatic carbocycles. The first-order valence-corrected chi connectivity index (χ1v) is 9.86. The summed E-state index contributed by atoms with van der Waals surface area (Å²) in [6, 6.07) is 15.4. The molecular formula is C19H22N2O3S. The van der Waals surface area contributed by atoms with E-state index in [1.165, 1.54) is 9.87 Å². The summed E-state index contributed by atoms with van der Waals surface area (Å²) in [5.41, 5.74) is 2.01. The highest BCUT2D eigenvalue weighted by molar-refractivity contribution is 7.89. The molecule has 2 aromatic carbocycles. The summed E-state index contributed by atoms with van der Waals surface area (Å²) in [6.45, 7) is 4.35. The number of rotatable bonds is 4. The molecule has 1 aliphatic rings. The lowest BCUT2D eigenvalue weighted by Gasteiger charge is -2.38. The Bertz CT molecular complexity index is 848. The van der Waals surface area contributed by atoms with Gasteiger partial charge in [-0.15, -0.1) is 0 Å². The topological polar surface area (TPSA) is 57.7 Å². The number of hydrogen-bond acceptors (Lipinski definition) is 3. The average Bonchev–Trinajstić information content (AvgIpc) is 2.64. The van der Waals surface area contributed by atoms with Crippen LogP contribution in [0.3, 0.4) is 0 Å². The molecule has 0 aromatic heterocycles. The summed E-state index contributed by atoms with van der Waals surface area (Å²) in [4.78, 5) is 14.7. The second-order valence-corrected chi connectivity index (χ2v) is 8.01.